The lowest BCUT2D eigenvalue weighted by atomic mass is 9.87. The Kier molecular flexibility index (Phi) is 36.7. The van der Waals surface area contributed by atoms with E-state index in [0.717, 1.165) is 82.0 Å². The van der Waals surface area contributed by atoms with Crippen LogP contribution in [0.5, 0.6) is 23.0 Å². The molecule has 0 radical (unpaired) electrons. The standard InChI is InChI=1S/C23H32O2.C21H32O3.C18H15S.C12H10.2C8H10O.C7H12F2O5S/c1-5-17-10-11-19-15-21(13-12-18(19)14-17)25-22(16-23(2,3)4)24-20-8-6-7-9-20;1-2-17-8-10-19(11-9-17)23-21(16-18-6-4-3-5-7-18)24-20-12-14-22-15-13-20;1-4-10-16(11-5-1)19(17-12-6-2-7-13-17)18-14-8-3-9-15-18;1-3-9-4-2-6-11-8-7-10(5-1)12(9)11;2*1-2-7-3-5-8(9)6-4-7;1-4(2)6(10)14-5(3)7(8,9)15(11,12)13/h10-15,20,22H,5-9,16H2,1-4H3;8-11,18,20-21H,2-7,12-16H2,1H3;1-15H;1-6H,7-8H2;2*3-6,9H,2H2,1H3;4-5H,1-3H3,(H,11,12,13)/q;;+1;;;;/p-1. The minimum Gasteiger partial charge on any atom is -0.743 e. The summed E-state index contributed by atoms with van der Waals surface area (Å²) in [5.41, 5.74) is 8.47. The second-order valence-electron chi connectivity index (χ2n) is 30.8. The van der Waals surface area contributed by atoms with Crippen molar-refractivity contribution >= 4 is 48.5 Å². The highest BCUT2D eigenvalue weighted by Crippen LogP contribution is 2.36. The Hall–Kier alpha value is -8.61. The molecule has 0 aromatic heterocycles. The third kappa shape index (κ3) is 30.3. The number of phenols is 2. The van der Waals surface area contributed by atoms with Crippen LogP contribution in [0.25, 0.3) is 21.5 Å². The molecule has 1 heterocycles. The molecule has 4 aliphatic rings. The summed E-state index contributed by atoms with van der Waals surface area (Å²) in [5.74, 6) is 1.59. The molecule has 12 nitrogen and oxygen atoms in total. The van der Waals surface area contributed by atoms with Crippen molar-refractivity contribution in [3.63, 3.8) is 0 Å². The average molecular weight is 1580 g/mol. The van der Waals surface area contributed by atoms with Gasteiger partial charge in [0.25, 0.3) is 0 Å². The van der Waals surface area contributed by atoms with E-state index in [1.165, 1.54) is 154 Å². The zero-order valence-electron chi connectivity index (χ0n) is 68.0. The van der Waals surface area contributed by atoms with Crippen molar-refractivity contribution < 1.29 is 65.2 Å². The Morgan fingerprint density at radius 3 is 1.37 bits per heavy atom. The molecule has 3 aliphatic carbocycles. The maximum Gasteiger partial charge on any atom is 0.369 e. The number of ether oxygens (including phenoxy) is 6. The minimum atomic E-state index is -5.83. The van der Waals surface area contributed by atoms with Crippen LogP contribution in [0.2, 0.25) is 0 Å². The van der Waals surface area contributed by atoms with Crippen LogP contribution in [-0.4, -0.2) is 78.5 Å². The summed E-state index contributed by atoms with van der Waals surface area (Å²) in [6.07, 6.45) is 20.3. The molecule has 0 spiro atoms. The second-order valence-corrected chi connectivity index (χ2v) is 34.2. The highest BCUT2D eigenvalue weighted by Gasteiger charge is 2.47. The van der Waals surface area contributed by atoms with Gasteiger partial charge in [-0.2, -0.15) is 8.78 Å². The fraction of sp³-hybridized carbons (Fsp3) is 0.412. The minimum absolute atomic E-state index is 0.0146. The van der Waals surface area contributed by atoms with Gasteiger partial charge in [0, 0.05) is 26.1 Å². The summed E-state index contributed by atoms with van der Waals surface area (Å²) in [6.45, 7) is 20.3. The van der Waals surface area contributed by atoms with E-state index < -0.39 is 33.4 Å². The van der Waals surface area contributed by atoms with Gasteiger partial charge in [-0.15, -0.1) is 0 Å². The molecule has 0 amide bonds. The van der Waals surface area contributed by atoms with Gasteiger partial charge >= 0.3 is 11.2 Å². The Morgan fingerprint density at radius 2 is 0.912 bits per heavy atom. The molecule has 14 rings (SSSR count). The third-order valence-electron chi connectivity index (χ3n) is 20.3. The number of benzene rings is 10. The number of phenolic OH excluding ortho intramolecular Hbond substituents is 2. The van der Waals surface area contributed by atoms with Crippen LogP contribution in [0.4, 0.5) is 8.78 Å². The van der Waals surface area contributed by atoms with Gasteiger partial charge in [-0.05, 0) is 222 Å². The smallest absolute Gasteiger partial charge is 0.369 e. The number of esters is 1. The molecule has 2 N–H and O–H groups in total. The number of carbonyl (C=O) groups is 1. The molecule has 0 bridgehead atoms. The first-order valence-electron chi connectivity index (χ1n) is 40.6. The molecule has 10 aromatic carbocycles. The monoisotopic (exact) mass is 1580 g/mol. The van der Waals surface area contributed by atoms with Crippen molar-refractivity contribution in [2.24, 2.45) is 17.3 Å². The number of hydrogen-bond donors (Lipinski definition) is 2. The van der Waals surface area contributed by atoms with Crippen molar-refractivity contribution in [3.8, 4) is 23.0 Å². The lowest BCUT2D eigenvalue weighted by Gasteiger charge is -2.31. The number of carbonyl (C=O) groups excluding carboxylic acids is 1. The molecule has 2 saturated carbocycles. The predicted octanol–water partition coefficient (Wildman–Crippen LogP) is 24.0. The molecule has 1 saturated heterocycles. The Labute approximate surface area is 675 Å². The van der Waals surface area contributed by atoms with Gasteiger partial charge in [0.2, 0.25) is 6.29 Å². The van der Waals surface area contributed by atoms with Crippen molar-refractivity contribution in [2.75, 3.05) is 13.2 Å². The maximum atomic E-state index is 12.8. The van der Waals surface area contributed by atoms with E-state index >= 15 is 0 Å². The molecule has 3 unspecified atom stereocenters. The first kappa shape index (κ1) is 89.9. The zero-order valence-corrected chi connectivity index (χ0v) is 69.6. The summed E-state index contributed by atoms with van der Waals surface area (Å²) in [5, 5.41) is 18.5. The molecule has 3 fully saturated rings. The molecule has 3 atom stereocenters. The van der Waals surface area contributed by atoms with E-state index in [4.69, 9.17) is 33.9 Å². The van der Waals surface area contributed by atoms with Gasteiger partial charge in [0.05, 0.1) is 29.0 Å². The van der Waals surface area contributed by atoms with Gasteiger partial charge < -0.3 is 43.2 Å². The lowest BCUT2D eigenvalue weighted by Crippen LogP contribution is -2.42. The SMILES string of the molecule is CC(C)C(=O)OC(C)C(F)(F)S(=O)(=O)[O-].CCc1ccc(O)cc1.CCc1ccc(O)cc1.CCc1ccc(OC(CC2CCCCC2)OC2CCOCC2)cc1.CCc1ccc2cc(OC(CC(C)(C)C)OC3CCCC3)ccc2c1.c1cc2c3c(cccc3c1)CC2.c1ccc([S+](c2ccccc2)c2ccccc2)cc1. The van der Waals surface area contributed by atoms with Crippen LogP contribution >= 0.6 is 0 Å². The Bertz CT molecular complexity index is 4290. The van der Waals surface area contributed by atoms with Crippen molar-refractivity contribution in [1.29, 1.82) is 0 Å². The molecular formula is C97H120F2O12S2. The van der Waals surface area contributed by atoms with E-state index in [9.17, 15) is 26.5 Å². The molecule has 10 aromatic rings. The number of fused-ring (bicyclic) bond motifs is 1. The summed E-state index contributed by atoms with van der Waals surface area (Å²) in [7, 11) is -5.85. The fourth-order valence-electron chi connectivity index (χ4n) is 13.7. The zero-order chi connectivity index (χ0) is 81.2. The van der Waals surface area contributed by atoms with Crippen molar-refractivity contribution in [2.45, 2.75) is 242 Å². The summed E-state index contributed by atoms with van der Waals surface area (Å²) in [4.78, 5) is 15.0. The Morgan fingerprint density at radius 1 is 0.496 bits per heavy atom. The third-order valence-corrected chi connectivity index (χ3v) is 23.5. The number of aryl methyl sites for hydroxylation is 6. The predicted molar refractivity (Wildman–Crippen MR) is 454 cm³/mol. The number of aromatic hydroxyl groups is 2. The lowest BCUT2D eigenvalue weighted by molar-refractivity contribution is -0.163. The fourth-order valence-corrected chi connectivity index (χ4v) is 16.3. The molecule has 606 valence electrons. The van der Waals surface area contributed by atoms with Crippen LogP contribution in [0, 0.1) is 17.3 Å². The maximum absolute atomic E-state index is 12.8. The van der Waals surface area contributed by atoms with Crippen LogP contribution in [-0.2, 0) is 83.3 Å². The summed E-state index contributed by atoms with van der Waals surface area (Å²) in [6, 6.07) is 81.4. The van der Waals surface area contributed by atoms with Crippen molar-refractivity contribution in [1.82, 2.24) is 0 Å². The normalized spacial score (nSPS) is 15.1. The number of halogens is 2. The number of rotatable bonds is 22. The highest BCUT2D eigenvalue weighted by atomic mass is 32.2. The number of hydrogen-bond acceptors (Lipinski definition) is 12. The molecule has 16 heteroatoms. The first-order valence-corrected chi connectivity index (χ1v) is 43.3. The Balaban J connectivity index is 0.000000170. The van der Waals surface area contributed by atoms with Gasteiger partial charge in [-0.3, -0.25) is 4.79 Å². The van der Waals surface area contributed by atoms with Gasteiger partial charge in [-0.25, -0.2) is 8.42 Å². The summed E-state index contributed by atoms with van der Waals surface area (Å²) >= 11 is 0. The quantitative estimate of drug-likeness (QED) is 0.0285. The van der Waals surface area contributed by atoms with E-state index in [-0.39, 0.29) is 35.0 Å². The van der Waals surface area contributed by atoms with Crippen molar-refractivity contribution in [3.05, 3.63) is 270 Å². The largest absolute Gasteiger partial charge is 0.743 e. The van der Waals surface area contributed by atoms with Crippen LogP contribution in [0.1, 0.15) is 186 Å². The second kappa shape index (κ2) is 46.1. The van der Waals surface area contributed by atoms with E-state index in [1.54, 1.807) is 24.3 Å². The first-order chi connectivity index (χ1) is 54.3. The van der Waals surface area contributed by atoms with Gasteiger partial charge in [0.15, 0.2) is 37.2 Å². The van der Waals surface area contributed by atoms with E-state index in [1.807, 2.05) is 24.3 Å². The van der Waals surface area contributed by atoms with Crippen LogP contribution in [0.15, 0.2) is 251 Å². The molecule has 113 heavy (non-hydrogen) atoms. The highest BCUT2D eigenvalue weighted by molar-refractivity contribution is 7.97. The van der Waals surface area contributed by atoms with E-state index in [0.29, 0.717) is 24.5 Å². The topological polar surface area (TPSA) is 170 Å². The average Bonchev–Trinajstić information content (AvgIpc) is 1.70. The van der Waals surface area contributed by atoms with Crippen LogP contribution in [0.3, 0.4) is 0 Å². The van der Waals surface area contributed by atoms with Gasteiger partial charge in [-0.1, -0.05) is 259 Å². The molecule has 1 aliphatic heterocycles. The van der Waals surface area contributed by atoms with E-state index in [2.05, 4.69) is 241 Å². The number of alkyl halides is 2. The molecular weight excluding hydrogens is 1460 g/mol. The van der Waals surface area contributed by atoms with Crippen LogP contribution < -0.4 is 9.47 Å². The van der Waals surface area contributed by atoms with Gasteiger partial charge in [0.1, 0.15) is 23.0 Å². The summed E-state index contributed by atoms with van der Waals surface area (Å²) < 4.78 is 90.8.